The van der Waals surface area contributed by atoms with E-state index in [-0.39, 0.29) is 12.1 Å². The van der Waals surface area contributed by atoms with Gasteiger partial charge in [-0.25, -0.2) is 4.79 Å². The van der Waals surface area contributed by atoms with Gasteiger partial charge in [0, 0.05) is 6.07 Å². The highest BCUT2D eigenvalue weighted by Crippen LogP contribution is 2.31. The average Bonchev–Trinajstić information content (AvgIpc) is 3.08. The largest absolute Gasteiger partial charge is 0.457 e. The van der Waals surface area contributed by atoms with Gasteiger partial charge in [0.2, 0.25) is 0 Å². The summed E-state index contributed by atoms with van der Waals surface area (Å²) in [5, 5.41) is 5.86. The molecule has 0 saturated heterocycles. The molecule has 1 aliphatic rings. The number of nitrogen functional groups attached to an aromatic ring is 1. The first kappa shape index (κ1) is 17.0. The molecule has 1 unspecified atom stereocenters. The van der Waals surface area contributed by atoms with Gasteiger partial charge in [0.15, 0.2) is 0 Å². The molecule has 0 bridgehead atoms. The van der Waals surface area contributed by atoms with Gasteiger partial charge < -0.3 is 21.1 Å². The van der Waals surface area contributed by atoms with Gasteiger partial charge in [-0.1, -0.05) is 42.5 Å². The lowest BCUT2D eigenvalue weighted by Crippen LogP contribution is -2.31. The molecule has 4 rings (SSSR count). The Morgan fingerprint density at radius 1 is 0.963 bits per heavy atom. The molecule has 3 aromatic rings. The quantitative estimate of drug-likeness (QED) is 0.582. The summed E-state index contributed by atoms with van der Waals surface area (Å²) in [6.45, 7) is 0. The van der Waals surface area contributed by atoms with Crippen molar-refractivity contribution in [1.82, 2.24) is 5.32 Å². The van der Waals surface area contributed by atoms with E-state index in [0.717, 1.165) is 18.6 Å². The highest BCUT2D eigenvalue weighted by molar-refractivity contribution is 5.93. The number of nitrogens with two attached hydrogens (primary N) is 1. The van der Waals surface area contributed by atoms with Gasteiger partial charge in [0.05, 0.1) is 17.4 Å². The van der Waals surface area contributed by atoms with Crippen LogP contribution in [0.25, 0.3) is 0 Å². The van der Waals surface area contributed by atoms with Crippen LogP contribution < -0.4 is 21.1 Å². The minimum atomic E-state index is -0.264. The highest BCUT2D eigenvalue weighted by atomic mass is 16.5. The van der Waals surface area contributed by atoms with Gasteiger partial charge in [-0.3, -0.25) is 0 Å². The molecule has 4 N–H and O–H groups in total. The van der Waals surface area contributed by atoms with Crippen LogP contribution in [0, 0.1) is 0 Å². The second-order valence-corrected chi connectivity index (χ2v) is 6.55. The van der Waals surface area contributed by atoms with E-state index in [1.165, 1.54) is 11.1 Å². The summed E-state index contributed by atoms with van der Waals surface area (Å²) in [5.74, 6) is 1.35. The minimum Gasteiger partial charge on any atom is -0.457 e. The first-order chi connectivity index (χ1) is 13.2. The van der Waals surface area contributed by atoms with E-state index in [2.05, 4.69) is 22.8 Å². The molecule has 136 valence electrons. The lowest BCUT2D eigenvalue weighted by atomic mass is 10.1. The van der Waals surface area contributed by atoms with E-state index in [0.29, 0.717) is 17.1 Å². The third-order valence-corrected chi connectivity index (χ3v) is 4.69. The van der Waals surface area contributed by atoms with Crippen molar-refractivity contribution < 1.29 is 9.53 Å². The summed E-state index contributed by atoms with van der Waals surface area (Å²) in [6.07, 6.45) is 1.89. The Morgan fingerprint density at radius 3 is 2.56 bits per heavy atom. The van der Waals surface area contributed by atoms with Crippen molar-refractivity contribution in [1.29, 1.82) is 0 Å². The van der Waals surface area contributed by atoms with Crippen LogP contribution in [0.5, 0.6) is 11.5 Å². The standard InChI is InChI=1S/C22H21N3O2/c23-19-14-17(27-16-7-2-1-3-8-16)11-13-21(19)25-22(26)24-20-12-10-15-6-4-5-9-18(15)20/h1-9,11,13-14,20H,10,12,23H2,(H2,24,25,26). The van der Waals surface area contributed by atoms with Crippen LogP contribution in [0.15, 0.2) is 72.8 Å². The number of para-hydroxylation sites is 1. The molecule has 5 nitrogen and oxygen atoms in total. The van der Waals surface area contributed by atoms with Crippen molar-refractivity contribution in [2.75, 3.05) is 11.1 Å². The van der Waals surface area contributed by atoms with Crippen molar-refractivity contribution in [3.05, 3.63) is 83.9 Å². The number of hydrogen-bond acceptors (Lipinski definition) is 3. The molecule has 0 radical (unpaired) electrons. The maximum atomic E-state index is 12.4. The lowest BCUT2D eigenvalue weighted by Gasteiger charge is -2.16. The third kappa shape index (κ3) is 3.87. The van der Waals surface area contributed by atoms with Gasteiger partial charge in [-0.15, -0.1) is 0 Å². The van der Waals surface area contributed by atoms with E-state index in [1.807, 2.05) is 42.5 Å². The number of nitrogens with one attached hydrogen (secondary N) is 2. The van der Waals surface area contributed by atoms with Crippen LogP contribution in [0.1, 0.15) is 23.6 Å². The number of hydrogen-bond donors (Lipinski definition) is 3. The Morgan fingerprint density at radius 2 is 1.74 bits per heavy atom. The van der Waals surface area contributed by atoms with Gasteiger partial charge >= 0.3 is 6.03 Å². The molecule has 0 aromatic heterocycles. The Balaban J connectivity index is 1.40. The molecule has 0 heterocycles. The van der Waals surface area contributed by atoms with Crippen LogP contribution in [-0.2, 0) is 6.42 Å². The highest BCUT2D eigenvalue weighted by Gasteiger charge is 2.23. The van der Waals surface area contributed by atoms with Crippen LogP contribution in [-0.4, -0.2) is 6.03 Å². The second-order valence-electron chi connectivity index (χ2n) is 6.55. The summed E-state index contributed by atoms with van der Waals surface area (Å²) in [4.78, 5) is 12.4. The zero-order valence-electron chi connectivity index (χ0n) is 14.8. The second kappa shape index (κ2) is 7.41. The normalized spacial score (nSPS) is 15.0. The fraction of sp³-hybridized carbons (Fsp3) is 0.136. The number of fused-ring (bicyclic) bond motifs is 1. The fourth-order valence-corrected chi connectivity index (χ4v) is 3.37. The maximum Gasteiger partial charge on any atom is 0.319 e. The first-order valence-electron chi connectivity index (χ1n) is 8.97. The summed E-state index contributed by atoms with van der Waals surface area (Å²) in [6, 6.07) is 22.7. The maximum absolute atomic E-state index is 12.4. The topological polar surface area (TPSA) is 76.4 Å². The van der Waals surface area contributed by atoms with E-state index in [1.54, 1.807) is 18.2 Å². The Bertz CT molecular complexity index is 957. The van der Waals surface area contributed by atoms with E-state index < -0.39 is 0 Å². The summed E-state index contributed by atoms with van der Waals surface area (Å²) in [7, 11) is 0. The molecule has 0 aliphatic heterocycles. The molecule has 0 fully saturated rings. The molecule has 1 atom stereocenters. The molecule has 1 aliphatic carbocycles. The molecule has 27 heavy (non-hydrogen) atoms. The summed E-state index contributed by atoms with van der Waals surface area (Å²) in [5.41, 5.74) is 9.57. The van der Waals surface area contributed by atoms with Crippen LogP contribution in [0.4, 0.5) is 16.2 Å². The minimum absolute atomic E-state index is 0.0307. The molecule has 2 amide bonds. The molecular weight excluding hydrogens is 338 g/mol. The number of benzene rings is 3. The van der Waals surface area contributed by atoms with Crippen molar-refractivity contribution in [3.8, 4) is 11.5 Å². The number of rotatable bonds is 4. The van der Waals surface area contributed by atoms with Crippen molar-refractivity contribution >= 4 is 17.4 Å². The average molecular weight is 359 g/mol. The van der Waals surface area contributed by atoms with Crippen molar-refractivity contribution in [2.24, 2.45) is 0 Å². The molecular formula is C22H21N3O2. The summed E-state index contributed by atoms with van der Waals surface area (Å²) >= 11 is 0. The first-order valence-corrected chi connectivity index (χ1v) is 8.97. The third-order valence-electron chi connectivity index (χ3n) is 4.69. The number of carbonyl (C=O) groups is 1. The smallest absolute Gasteiger partial charge is 0.319 e. The zero-order chi connectivity index (χ0) is 18.6. The number of carbonyl (C=O) groups excluding carboxylic acids is 1. The SMILES string of the molecule is Nc1cc(Oc2ccccc2)ccc1NC(=O)NC1CCc2ccccc21. The molecule has 0 spiro atoms. The molecule has 3 aromatic carbocycles. The monoisotopic (exact) mass is 359 g/mol. The number of amides is 2. The van der Waals surface area contributed by atoms with Gasteiger partial charge in [-0.2, -0.15) is 0 Å². The van der Waals surface area contributed by atoms with Gasteiger partial charge in [-0.05, 0) is 48.2 Å². The number of anilines is 2. The molecule has 0 saturated carbocycles. The van der Waals surface area contributed by atoms with Crippen LogP contribution >= 0.6 is 0 Å². The van der Waals surface area contributed by atoms with E-state index in [9.17, 15) is 4.79 Å². The van der Waals surface area contributed by atoms with Gasteiger partial charge in [0.25, 0.3) is 0 Å². The number of ether oxygens (including phenoxy) is 1. The zero-order valence-corrected chi connectivity index (χ0v) is 14.8. The van der Waals surface area contributed by atoms with E-state index in [4.69, 9.17) is 10.5 Å². The number of aryl methyl sites for hydroxylation is 1. The Hall–Kier alpha value is -3.47. The molecule has 5 heteroatoms. The predicted molar refractivity (Wildman–Crippen MR) is 107 cm³/mol. The lowest BCUT2D eigenvalue weighted by molar-refractivity contribution is 0.248. The van der Waals surface area contributed by atoms with Gasteiger partial charge in [0.1, 0.15) is 11.5 Å². The van der Waals surface area contributed by atoms with Crippen molar-refractivity contribution in [2.45, 2.75) is 18.9 Å². The predicted octanol–water partition coefficient (Wildman–Crippen LogP) is 4.87. The van der Waals surface area contributed by atoms with Crippen molar-refractivity contribution in [3.63, 3.8) is 0 Å². The Kier molecular flexibility index (Phi) is 4.66. The summed E-state index contributed by atoms with van der Waals surface area (Å²) < 4.78 is 5.76. The van der Waals surface area contributed by atoms with Crippen LogP contribution in [0.3, 0.4) is 0 Å². The number of urea groups is 1. The van der Waals surface area contributed by atoms with E-state index >= 15 is 0 Å². The van der Waals surface area contributed by atoms with Crippen LogP contribution in [0.2, 0.25) is 0 Å². The Labute approximate surface area is 158 Å². The fourth-order valence-electron chi connectivity index (χ4n) is 3.37.